The van der Waals surface area contributed by atoms with Gasteiger partial charge in [-0.05, 0) is 25.9 Å². The fourth-order valence-electron chi connectivity index (χ4n) is 0.625. The molecule has 0 radical (unpaired) electrons. The quantitative estimate of drug-likeness (QED) is 0.526. The third-order valence-corrected chi connectivity index (χ3v) is 1.05. The zero-order valence-electron chi connectivity index (χ0n) is 5.72. The van der Waals surface area contributed by atoms with E-state index in [4.69, 9.17) is 4.79 Å². The fourth-order valence-corrected chi connectivity index (χ4v) is 0.625. The first-order valence-electron chi connectivity index (χ1n) is 3.09. The van der Waals surface area contributed by atoms with Crippen molar-refractivity contribution >= 4 is 6.47 Å². The van der Waals surface area contributed by atoms with Crippen LogP contribution in [0.5, 0.6) is 0 Å². The number of methoxy groups -OCH3 is 1. The second kappa shape index (κ2) is 7.43. The molecular weight excluding hydrogens is 118 g/mol. The molecule has 1 rings (SSSR count). The van der Waals surface area contributed by atoms with Crippen molar-refractivity contribution < 1.29 is 11.0 Å². The highest BCUT2D eigenvalue weighted by Crippen LogP contribution is 1.90. The Morgan fingerprint density at radius 3 is 2.11 bits per heavy atom. The molecule has 0 aromatic rings. The fraction of sp³-hybridized carbons (Fsp3) is 0.833. The maximum absolute atomic E-state index is 8.95. The number of ether oxygens (including phenoxy) is 1. The van der Waals surface area contributed by atoms with Crippen LogP contribution in [0.4, 0.5) is 0 Å². The van der Waals surface area contributed by atoms with Crippen molar-refractivity contribution in [3.05, 3.63) is 0 Å². The van der Waals surface area contributed by atoms with Crippen molar-refractivity contribution in [3.8, 4) is 0 Å². The van der Waals surface area contributed by atoms with Gasteiger partial charge in [-0.1, -0.05) is 0 Å². The Hall–Kier alpha value is -0.570. The van der Waals surface area contributed by atoms with Gasteiger partial charge in [0.15, 0.2) is 0 Å². The van der Waals surface area contributed by atoms with E-state index in [9.17, 15) is 0 Å². The smallest absolute Gasteiger partial charge is 0.292 e. The Labute approximate surface area is 56.9 Å². The summed E-state index contributed by atoms with van der Waals surface area (Å²) in [6.07, 6.45) is 2.78. The average Bonchev–Trinajstić information content (AvgIpc) is 2.43. The van der Waals surface area contributed by atoms with Crippen molar-refractivity contribution in [1.82, 2.24) is 5.32 Å². The van der Waals surface area contributed by atoms with Crippen molar-refractivity contribution in [2.75, 3.05) is 20.2 Å². The Morgan fingerprint density at radius 2 is 2.00 bits per heavy atom. The summed E-state index contributed by atoms with van der Waals surface area (Å²) >= 11 is 0. The average molecular weight is 133 g/mol. The summed E-state index contributed by atoms with van der Waals surface area (Å²) in [5.41, 5.74) is 0. The minimum absolute atomic E-state index is 0. The second-order valence-electron chi connectivity index (χ2n) is 1.79. The molecule has 3 heteroatoms. The van der Waals surface area contributed by atoms with Gasteiger partial charge < -0.3 is 10.1 Å². The largest absolute Gasteiger partial charge is 0.471 e. The lowest BCUT2D eigenvalue weighted by atomic mass is 10.4. The van der Waals surface area contributed by atoms with E-state index in [1.165, 1.54) is 33.0 Å². The van der Waals surface area contributed by atoms with Gasteiger partial charge in [-0.3, -0.25) is 4.79 Å². The highest BCUT2D eigenvalue weighted by atomic mass is 16.5. The molecule has 0 aliphatic carbocycles. The summed E-state index contributed by atoms with van der Waals surface area (Å²) in [6.45, 7) is 2.88. The Kier molecular flexibility index (Phi) is 6.96. The van der Waals surface area contributed by atoms with Crippen LogP contribution in [0.1, 0.15) is 14.3 Å². The third kappa shape index (κ3) is 7.43. The Balaban J connectivity index is 0. The van der Waals surface area contributed by atoms with Gasteiger partial charge in [-0.25, -0.2) is 0 Å². The van der Waals surface area contributed by atoms with Crippen molar-refractivity contribution in [3.63, 3.8) is 0 Å². The SMILES string of the molecule is C1CCNC1.COC=O.[HH]. The van der Waals surface area contributed by atoms with Gasteiger partial charge >= 0.3 is 0 Å². The first kappa shape index (κ1) is 8.43. The summed E-state index contributed by atoms with van der Waals surface area (Å²) in [4.78, 5) is 8.95. The van der Waals surface area contributed by atoms with Crippen molar-refractivity contribution in [2.45, 2.75) is 12.8 Å². The minimum Gasteiger partial charge on any atom is -0.471 e. The van der Waals surface area contributed by atoms with Gasteiger partial charge in [-0.2, -0.15) is 0 Å². The molecule has 3 nitrogen and oxygen atoms in total. The van der Waals surface area contributed by atoms with Crippen molar-refractivity contribution in [2.24, 2.45) is 0 Å². The molecule has 1 saturated heterocycles. The normalized spacial score (nSPS) is 15.7. The topological polar surface area (TPSA) is 38.3 Å². The molecular formula is C6H15NO2. The summed E-state index contributed by atoms with van der Waals surface area (Å²) < 4.78 is 3.86. The first-order chi connectivity index (χ1) is 4.41. The lowest BCUT2D eigenvalue weighted by Crippen LogP contribution is -2.03. The number of nitrogens with one attached hydrogen (secondary N) is 1. The van der Waals surface area contributed by atoms with Gasteiger partial charge in [0.25, 0.3) is 6.47 Å². The maximum atomic E-state index is 8.95. The molecule has 9 heavy (non-hydrogen) atoms. The molecule has 56 valence electrons. The predicted octanol–water partition coefficient (Wildman–Crippen LogP) is 0.405. The number of carbonyl (C=O) groups excluding carboxylic acids is 1. The van der Waals surface area contributed by atoms with Crippen LogP contribution in [0.2, 0.25) is 0 Å². The molecule has 0 aromatic carbocycles. The maximum Gasteiger partial charge on any atom is 0.292 e. The van der Waals surface area contributed by atoms with E-state index in [1.807, 2.05) is 0 Å². The van der Waals surface area contributed by atoms with Crippen LogP contribution < -0.4 is 5.32 Å². The number of hydrogen-bond donors (Lipinski definition) is 1. The van der Waals surface area contributed by atoms with E-state index in [0.717, 1.165) is 0 Å². The van der Waals surface area contributed by atoms with E-state index >= 15 is 0 Å². The zero-order chi connectivity index (χ0) is 6.95. The summed E-state index contributed by atoms with van der Waals surface area (Å²) in [5.74, 6) is 0. The molecule has 1 heterocycles. The molecule has 0 saturated carbocycles. The van der Waals surface area contributed by atoms with E-state index in [-0.39, 0.29) is 1.43 Å². The van der Waals surface area contributed by atoms with E-state index in [2.05, 4.69) is 10.1 Å². The predicted molar refractivity (Wildman–Crippen MR) is 37.3 cm³/mol. The lowest BCUT2D eigenvalue weighted by molar-refractivity contribution is -0.126. The van der Waals surface area contributed by atoms with E-state index < -0.39 is 0 Å². The Bertz CT molecular complexity index is 59.2. The number of hydrogen-bond acceptors (Lipinski definition) is 3. The second-order valence-corrected chi connectivity index (χ2v) is 1.79. The molecule has 0 spiro atoms. The summed E-state index contributed by atoms with van der Waals surface area (Å²) in [5, 5.41) is 3.22. The van der Waals surface area contributed by atoms with Gasteiger partial charge in [0.2, 0.25) is 0 Å². The van der Waals surface area contributed by atoms with E-state index in [0.29, 0.717) is 6.47 Å². The molecule has 0 aromatic heterocycles. The van der Waals surface area contributed by atoms with Crippen LogP contribution >= 0.6 is 0 Å². The van der Waals surface area contributed by atoms with Gasteiger partial charge in [0.1, 0.15) is 0 Å². The minimum atomic E-state index is 0. The van der Waals surface area contributed by atoms with Crippen LogP contribution in [-0.2, 0) is 9.53 Å². The highest BCUT2D eigenvalue weighted by Gasteiger charge is 1.93. The molecule has 0 bridgehead atoms. The third-order valence-electron chi connectivity index (χ3n) is 1.05. The standard InChI is InChI=1S/C4H9N.C2H4O2.H2/c1-2-4-5-3-1;1-4-2-3;/h5H,1-4H2;2H,1H3;1H. The molecule has 1 fully saturated rings. The van der Waals surface area contributed by atoms with E-state index in [1.54, 1.807) is 0 Å². The lowest BCUT2D eigenvalue weighted by Gasteiger charge is -1.76. The molecule has 1 N–H and O–H groups in total. The van der Waals surface area contributed by atoms with Gasteiger partial charge in [0.05, 0.1) is 7.11 Å². The van der Waals surface area contributed by atoms with Gasteiger partial charge in [-0.15, -0.1) is 0 Å². The van der Waals surface area contributed by atoms with Crippen LogP contribution in [0.25, 0.3) is 0 Å². The van der Waals surface area contributed by atoms with Gasteiger partial charge in [0, 0.05) is 1.43 Å². The van der Waals surface area contributed by atoms with Crippen LogP contribution in [0, 0.1) is 0 Å². The van der Waals surface area contributed by atoms with Crippen molar-refractivity contribution in [1.29, 1.82) is 0 Å². The summed E-state index contributed by atoms with van der Waals surface area (Å²) in [6, 6.07) is 0. The molecule has 0 amide bonds. The summed E-state index contributed by atoms with van der Waals surface area (Å²) in [7, 11) is 1.31. The monoisotopic (exact) mass is 133 g/mol. The molecule has 1 aliphatic heterocycles. The number of rotatable bonds is 1. The van der Waals surface area contributed by atoms with Crippen LogP contribution in [0.3, 0.4) is 0 Å². The number of carbonyl (C=O) groups is 1. The highest BCUT2D eigenvalue weighted by molar-refractivity contribution is 5.36. The molecule has 0 unspecified atom stereocenters. The molecule has 0 atom stereocenters. The van der Waals surface area contributed by atoms with Crippen LogP contribution in [0.15, 0.2) is 0 Å². The first-order valence-corrected chi connectivity index (χ1v) is 3.09. The Morgan fingerprint density at radius 1 is 1.56 bits per heavy atom. The van der Waals surface area contributed by atoms with Crippen LogP contribution in [-0.4, -0.2) is 26.7 Å². The zero-order valence-corrected chi connectivity index (χ0v) is 5.72. The molecule has 1 aliphatic rings.